The minimum atomic E-state index is -0.403. The van der Waals surface area contributed by atoms with Crippen molar-refractivity contribution in [3.8, 4) is 17.1 Å². The molecule has 5 heteroatoms. The monoisotopic (exact) mass is 247 g/mol. The summed E-state index contributed by atoms with van der Waals surface area (Å²) in [6.07, 6.45) is 2.36. The lowest BCUT2D eigenvalue weighted by molar-refractivity contribution is 0.386. The van der Waals surface area contributed by atoms with Gasteiger partial charge in [0.1, 0.15) is 0 Å². The molecule has 0 saturated heterocycles. The second-order valence-corrected chi connectivity index (χ2v) is 3.76. The molecule has 2 aromatic rings. The second-order valence-electron chi connectivity index (χ2n) is 3.76. The summed E-state index contributed by atoms with van der Waals surface area (Å²) in [7, 11) is 1.42. The van der Waals surface area contributed by atoms with E-state index in [1.807, 2.05) is 6.07 Å². The number of rotatable bonds is 4. The highest BCUT2D eigenvalue weighted by molar-refractivity contribution is 5.57. The van der Waals surface area contributed by atoms with Crippen LogP contribution in [0.15, 0.2) is 30.5 Å². The molecule has 0 saturated carbocycles. The predicted octanol–water partition coefficient (Wildman–Crippen LogP) is 1.79. The van der Waals surface area contributed by atoms with E-state index in [1.165, 1.54) is 13.2 Å². The smallest absolute Gasteiger partial charge is 0.165 e. The van der Waals surface area contributed by atoms with Crippen LogP contribution in [-0.4, -0.2) is 23.6 Å². The van der Waals surface area contributed by atoms with E-state index in [0.717, 1.165) is 5.69 Å². The lowest BCUT2D eigenvalue weighted by atomic mass is 10.2. The topological polar surface area (TPSA) is 61.0 Å². The lowest BCUT2D eigenvalue weighted by Crippen LogP contribution is -2.05. The number of ether oxygens (including phenoxy) is 1. The van der Waals surface area contributed by atoms with Crippen LogP contribution in [0, 0.1) is 5.82 Å². The Labute approximate surface area is 105 Å². The number of benzene rings is 1. The SMILES string of the molecule is COc1cc(-c2nccc(CCN)n2)ccc1F. The Morgan fingerprint density at radius 1 is 1.33 bits per heavy atom. The molecule has 0 aliphatic carbocycles. The van der Waals surface area contributed by atoms with Crippen LogP contribution in [0.1, 0.15) is 5.69 Å². The molecule has 1 aromatic heterocycles. The third-order valence-electron chi connectivity index (χ3n) is 2.52. The standard InChI is InChI=1S/C13H14FN3O/c1-18-12-8-9(2-3-11(12)14)13-16-7-5-10(17-13)4-6-15/h2-3,5,7-8H,4,6,15H2,1H3. The van der Waals surface area contributed by atoms with Gasteiger partial charge in [-0.3, -0.25) is 0 Å². The van der Waals surface area contributed by atoms with E-state index in [4.69, 9.17) is 10.5 Å². The molecule has 0 aliphatic heterocycles. The molecule has 94 valence electrons. The Kier molecular flexibility index (Phi) is 3.84. The van der Waals surface area contributed by atoms with Crippen molar-refractivity contribution in [2.45, 2.75) is 6.42 Å². The number of hydrogen-bond acceptors (Lipinski definition) is 4. The van der Waals surface area contributed by atoms with E-state index in [0.29, 0.717) is 24.4 Å². The van der Waals surface area contributed by atoms with Crippen LogP contribution in [0.25, 0.3) is 11.4 Å². The summed E-state index contributed by atoms with van der Waals surface area (Å²) in [5, 5.41) is 0. The van der Waals surface area contributed by atoms with Crippen molar-refractivity contribution >= 4 is 0 Å². The molecule has 0 amide bonds. The zero-order valence-corrected chi connectivity index (χ0v) is 10.1. The van der Waals surface area contributed by atoms with Crippen LogP contribution in [0.5, 0.6) is 5.75 Å². The fourth-order valence-corrected chi connectivity index (χ4v) is 1.62. The summed E-state index contributed by atoms with van der Waals surface area (Å²) in [4.78, 5) is 8.54. The first-order valence-corrected chi connectivity index (χ1v) is 5.60. The maximum atomic E-state index is 13.3. The van der Waals surface area contributed by atoms with Crippen molar-refractivity contribution in [2.24, 2.45) is 5.73 Å². The molecule has 4 nitrogen and oxygen atoms in total. The summed E-state index contributed by atoms with van der Waals surface area (Å²) >= 11 is 0. The number of nitrogens with two attached hydrogens (primary N) is 1. The Morgan fingerprint density at radius 3 is 2.89 bits per heavy atom. The highest BCUT2D eigenvalue weighted by atomic mass is 19.1. The first-order valence-electron chi connectivity index (χ1n) is 5.60. The number of hydrogen-bond donors (Lipinski definition) is 1. The minimum absolute atomic E-state index is 0.181. The average Bonchev–Trinajstić information content (AvgIpc) is 2.40. The van der Waals surface area contributed by atoms with Gasteiger partial charge in [-0.2, -0.15) is 0 Å². The first kappa shape index (κ1) is 12.4. The van der Waals surface area contributed by atoms with Gasteiger partial charge in [-0.25, -0.2) is 14.4 Å². The number of methoxy groups -OCH3 is 1. The molecule has 18 heavy (non-hydrogen) atoms. The van der Waals surface area contributed by atoms with E-state index in [1.54, 1.807) is 18.3 Å². The van der Waals surface area contributed by atoms with Gasteiger partial charge in [0, 0.05) is 23.9 Å². The van der Waals surface area contributed by atoms with Crippen molar-refractivity contribution in [2.75, 3.05) is 13.7 Å². The maximum absolute atomic E-state index is 13.3. The van der Waals surface area contributed by atoms with Gasteiger partial charge < -0.3 is 10.5 Å². The molecule has 0 spiro atoms. The highest BCUT2D eigenvalue weighted by Gasteiger charge is 2.07. The van der Waals surface area contributed by atoms with Gasteiger partial charge in [0.15, 0.2) is 17.4 Å². The lowest BCUT2D eigenvalue weighted by Gasteiger charge is -2.06. The van der Waals surface area contributed by atoms with Gasteiger partial charge in [0.05, 0.1) is 7.11 Å². The summed E-state index contributed by atoms with van der Waals surface area (Å²) < 4.78 is 18.2. The fourth-order valence-electron chi connectivity index (χ4n) is 1.62. The number of aromatic nitrogens is 2. The van der Waals surface area contributed by atoms with E-state index in [-0.39, 0.29) is 5.75 Å². The minimum Gasteiger partial charge on any atom is -0.494 e. The molecule has 0 unspecified atom stereocenters. The molecule has 2 rings (SSSR count). The first-order chi connectivity index (χ1) is 8.74. The quantitative estimate of drug-likeness (QED) is 0.894. The van der Waals surface area contributed by atoms with Crippen molar-refractivity contribution in [1.82, 2.24) is 9.97 Å². The average molecular weight is 247 g/mol. The van der Waals surface area contributed by atoms with Crippen molar-refractivity contribution in [3.63, 3.8) is 0 Å². The predicted molar refractivity (Wildman–Crippen MR) is 66.7 cm³/mol. The molecule has 0 bridgehead atoms. The van der Waals surface area contributed by atoms with Crippen LogP contribution in [0.3, 0.4) is 0 Å². The van der Waals surface area contributed by atoms with Crippen LogP contribution in [0.2, 0.25) is 0 Å². The van der Waals surface area contributed by atoms with E-state index >= 15 is 0 Å². The van der Waals surface area contributed by atoms with E-state index < -0.39 is 5.82 Å². The Morgan fingerprint density at radius 2 is 2.17 bits per heavy atom. The fraction of sp³-hybridized carbons (Fsp3) is 0.231. The largest absolute Gasteiger partial charge is 0.494 e. The Balaban J connectivity index is 2.38. The maximum Gasteiger partial charge on any atom is 0.165 e. The van der Waals surface area contributed by atoms with Gasteiger partial charge in [-0.1, -0.05) is 0 Å². The van der Waals surface area contributed by atoms with E-state index in [9.17, 15) is 4.39 Å². The molecule has 1 aromatic carbocycles. The van der Waals surface area contributed by atoms with Gasteiger partial charge in [0.25, 0.3) is 0 Å². The van der Waals surface area contributed by atoms with Gasteiger partial charge in [-0.15, -0.1) is 0 Å². The van der Waals surface area contributed by atoms with Crippen LogP contribution in [-0.2, 0) is 6.42 Å². The molecule has 0 fully saturated rings. The summed E-state index contributed by atoms with van der Waals surface area (Å²) in [5.41, 5.74) is 7.07. The van der Waals surface area contributed by atoms with Gasteiger partial charge in [0.2, 0.25) is 0 Å². The van der Waals surface area contributed by atoms with Crippen molar-refractivity contribution in [3.05, 3.63) is 42.0 Å². The van der Waals surface area contributed by atoms with Crippen LogP contribution < -0.4 is 10.5 Å². The van der Waals surface area contributed by atoms with Crippen molar-refractivity contribution < 1.29 is 9.13 Å². The highest BCUT2D eigenvalue weighted by Crippen LogP contribution is 2.23. The summed E-state index contributed by atoms with van der Waals surface area (Å²) in [6, 6.07) is 6.36. The summed E-state index contributed by atoms with van der Waals surface area (Å²) in [6.45, 7) is 0.531. The second kappa shape index (κ2) is 5.55. The van der Waals surface area contributed by atoms with Gasteiger partial charge >= 0.3 is 0 Å². The Bertz CT molecular complexity index is 546. The molecular formula is C13H14FN3O. The van der Waals surface area contributed by atoms with Crippen LogP contribution in [0.4, 0.5) is 4.39 Å². The van der Waals surface area contributed by atoms with Gasteiger partial charge in [-0.05, 0) is 30.8 Å². The third-order valence-corrected chi connectivity index (χ3v) is 2.52. The summed E-state index contributed by atoms with van der Waals surface area (Å²) in [5.74, 6) is 0.318. The molecule has 0 atom stereocenters. The Hall–Kier alpha value is -2.01. The number of nitrogens with zero attached hydrogens (tertiary/aromatic N) is 2. The zero-order chi connectivity index (χ0) is 13.0. The third kappa shape index (κ3) is 2.62. The zero-order valence-electron chi connectivity index (χ0n) is 10.1. The number of halogens is 1. The van der Waals surface area contributed by atoms with E-state index in [2.05, 4.69) is 9.97 Å². The molecule has 0 aliphatic rings. The molecule has 2 N–H and O–H groups in total. The van der Waals surface area contributed by atoms with Crippen molar-refractivity contribution in [1.29, 1.82) is 0 Å². The normalized spacial score (nSPS) is 10.4. The molecule has 1 heterocycles. The van der Waals surface area contributed by atoms with Crippen LogP contribution >= 0.6 is 0 Å². The molecule has 0 radical (unpaired) electrons. The molecular weight excluding hydrogens is 233 g/mol.